The Labute approximate surface area is 182 Å². The molecule has 0 aliphatic heterocycles. The maximum atomic E-state index is 2.48. The Balaban J connectivity index is 1.52. The summed E-state index contributed by atoms with van der Waals surface area (Å²) in [5.41, 5.74) is 7.60. The van der Waals surface area contributed by atoms with E-state index in [1.807, 2.05) is 22.3 Å². The Morgan fingerprint density at radius 1 is 0.367 bits per heavy atom. The fourth-order valence-electron chi connectivity index (χ4n) is 7.54. The fourth-order valence-corrected chi connectivity index (χ4v) is 7.54. The van der Waals surface area contributed by atoms with E-state index in [2.05, 4.69) is 60.8 Å². The molecule has 156 valence electrons. The monoisotopic (exact) mass is 396 g/mol. The van der Waals surface area contributed by atoms with E-state index in [1.54, 1.807) is 0 Å². The second-order valence-electron chi connectivity index (χ2n) is 10.5. The van der Waals surface area contributed by atoms with Crippen molar-refractivity contribution in [1.82, 2.24) is 0 Å². The van der Waals surface area contributed by atoms with Gasteiger partial charge in [-0.1, -0.05) is 71.9 Å². The lowest BCUT2D eigenvalue weighted by Gasteiger charge is -2.32. The van der Waals surface area contributed by atoms with Crippen LogP contribution in [0.5, 0.6) is 0 Å². The molecular weight excluding hydrogens is 360 g/mol. The van der Waals surface area contributed by atoms with Gasteiger partial charge in [0.1, 0.15) is 0 Å². The molecule has 6 aliphatic carbocycles. The van der Waals surface area contributed by atoms with Crippen LogP contribution in [0, 0.1) is 35.5 Å². The highest BCUT2D eigenvalue weighted by Crippen LogP contribution is 2.59. The van der Waals surface area contributed by atoms with E-state index in [9.17, 15) is 0 Å². The highest BCUT2D eigenvalue weighted by Gasteiger charge is 2.46. The summed E-state index contributed by atoms with van der Waals surface area (Å²) in [6, 6.07) is 0. The molecule has 0 N–H and O–H groups in total. The molecule has 0 aromatic carbocycles. The Hall–Kier alpha value is -1.82. The first-order valence-corrected chi connectivity index (χ1v) is 12.6. The molecule has 0 saturated carbocycles. The molecule has 0 nitrogen and oxygen atoms in total. The van der Waals surface area contributed by atoms with E-state index in [0.29, 0.717) is 0 Å². The second kappa shape index (κ2) is 8.03. The largest absolute Gasteiger partial charge is 0.0882 e. The van der Waals surface area contributed by atoms with E-state index in [0.717, 1.165) is 35.5 Å². The van der Waals surface area contributed by atoms with Crippen molar-refractivity contribution in [2.75, 3.05) is 0 Å². The van der Waals surface area contributed by atoms with Crippen LogP contribution >= 0.6 is 0 Å². The predicted octanol–water partition coefficient (Wildman–Crippen LogP) is 8.04. The van der Waals surface area contributed by atoms with Crippen molar-refractivity contribution < 1.29 is 0 Å². The van der Waals surface area contributed by atoms with Gasteiger partial charge >= 0.3 is 0 Å². The zero-order valence-electron chi connectivity index (χ0n) is 18.3. The molecule has 0 aromatic rings. The summed E-state index contributed by atoms with van der Waals surface area (Å²) in [5, 5.41) is 0. The summed E-state index contributed by atoms with van der Waals surface area (Å²) in [7, 11) is 0. The third kappa shape index (κ3) is 3.10. The topological polar surface area (TPSA) is 0 Å². The molecular formula is C30H36. The maximum Gasteiger partial charge on any atom is 0.00592 e. The van der Waals surface area contributed by atoms with Gasteiger partial charge in [0.15, 0.2) is 0 Å². The molecule has 30 heavy (non-hydrogen) atoms. The van der Waals surface area contributed by atoms with Crippen molar-refractivity contribution in [3.05, 3.63) is 83.1 Å². The lowest BCUT2D eigenvalue weighted by Crippen LogP contribution is -2.23. The first-order chi connectivity index (χ1) is 14.9. The van der Waals surface area contributed by atoms with E-state index < -0.39 is 0 Å². The number of allylic oxidation sites excluding steroid dienone is 14. The molecule has 0 unspecified atom stereocenters. The van der Waals surface area contributed by atoms with Gasteiger partial charge < -0.3 is 0 Å². The van der Waals surface area contributed by atoms with Gasteiger partial charge in [-0.3, -0.25) is 0 Å². The molecule has 6 aliphatic rings. The molecule has 0 radical (unpaired) electrons. The van der Waals surface area contributed by atoms with E-state index in [-0.39, 0.29) is 0 Å². The normalized spacial score (nSPS) is 28.9. The van der Waals surface area contributed by atoms with Gasteiger partial charge in [-0.25, -0.2) is 0 Å². The predicted molar refractivity (Wildman–Crippen MR) is 127 cm³/mol. The van der Waals surface area contributed by atoms with Crippen molar-refractivity contribution in [1.29, 1.82) is 0 Å². The van der Waals surface area contributed by atoms with Crippen molar-refractivity contribution in [3.63, 3.8) is 0 Å². The third-order valence-electron chi connectivity index (χ3n) is 8.83. The second-order valence-corrected chi connectivity index (χ2v) is 10.5. The van der Waals surface area contributed by atoms with Gasteiger partial charge in [-0.2, -0.15) is 0 Å². The molecule has 0 spiro atoms. The minimum absolute atomic E-state index is 0.723. The zero-order chi connectivity index (χ0) is 19.9. The average Bonchev–Trinajstić information content (AvgIpc) is 3.61. The quantitative estimate of drug-likeness (QED) is 0.412. The van der Waals surface area contributed by atoms with Crippen LogP contribution in [0.15, 0.2) is 83.1 Å². The van der Waals surface area contributed by atoms with Gasteiger partial charge in [-0.05, 0) is 105 Å². The highest BCUT2D eigenvalue weighted by atomic mass is 14.5. The number of hydrogen-bond acceptors (Lipinski definition) is 0. The van der Waals surface area contributed by atoms with Gasteiger partial charge in [-0.15, -0.1) is 0 Å². The Morgan fingerprint density at radius 3 is 1.03 bits per heavy atom. The Bertz CT molecular complexity index is 794. The van der Waals surface area contributed by atoms with Crippen LogP contribution in [0.25, 0.3) is 0 Å². The Morgan fingerprint density at radius 2 is 0.667 bits per heavy atom. The van der Waals surface area contributed by atoms with Gasteiger partial charge in [0.25, 0.3) is 0 Å². The minimum Gasteiger partial charge on any atom is -0.0882 e. The van der Waals surface area contributed by atoms with Crippen molar-refractivity contribution in [2.24, 2.45) is 35.5 Å². The van der Waals surface area contributed by atoms with Gasteiger partial charge in [0, 0.05) is 5.92 Å². The summed E-state index contributed by atoms with van der Waals surface area (Å²) < 4.78 is 0. The van der Waals surface area contributed by atoms with E-state index >= 15 is 0 Å². The zero-order valence-corrected chi connectivity index (χ0v) is 18.3. The SMILES string of the molecule is C1=CCC(C2=C(C3CC=CC3)C(C3CC=CC3)C(C3CC=CC3)=C2C2CC=CC2)C1. The third-order valence-corrected chi connectivity index (χ3v) is 8.83. The molecule has 0 saturated heterocycles. The van der Waals surface area contributed by atoms with E-state index in [4.69, 9.17) is 0 Å². The molecule has 0 fully saturated rings. The summed E-state index contributed by atoms with van der Waals surface area (Å²) in [6.45, 7) is 0. The van der Waals surface area contributed by atoms with Crippen LogP contribution in [-0.4, -0.2) is 0 Å². The summed E-state index contributed by atoms with van der Waals surface area (Å²) >= 11 is 0. The van der Waals surface area contributed by atoms with Crippen LogP contribution in [0.2, 0.25) is 0 Å². The van der Waals surface area contributed by atoms with Crippen LogP contribution in [-0.2, 0) is 0 Å². The lowest BCUT2D eigenvalue weighted by atomic mass is 9.71. The van der Waals surface area contributed by atoms with E-state index in [1.165, 1.54) is 64.2 Å². The highest BCUT2D eigenvalue weighted by molar-refractivity contribution is 5.56. The first kappa shape index (κ1) is 18.9. The summed E-state index contributed by atoms with van der Waals surface area (Å²) in [5.74, 6) is 4.57. The lowest BCUT2D eigenvalue weighted by molar-refractivity contribution is 0.383. The fraction of sp³-hybridized carbons (Fsp3) is 0.533. The number of hydrogen-bond donors (Lipinski definition) is 0. The van der Waals surface area contributed by atoms with Crippen molar-refractivity contribution in [3.8, 4) is 0 Å². The molecule has 0 heterocycles. The molecule has 0 bridgehead atoms. The molecule has 0 amide bonds. The van der Waals surface area contributed by atoms with Crippen LogP contribution in [0.4, 0.5) is 0 Å². The molecule has 6 rings (SSSR count). The molecule has 0 atom stereocenters. The van der Waals surface area contributed by atoms with Gasteiger partial charge in [0.05, 0.1) is 0 Å². The van der Waals surface area contributed by atoms with Crippen LogP contribution in [0.1, 0.15) is 64.2 Å². The summed E-state index contributed by atoms with van der Waals surface area (Å²) in [4.78, 5) is 0. The first-order valence-electron chi connectivity index (χ1n) is 12.6. The Kier molecular flexibility index (Phi) is 5.06. The summed E-state index contributed by atoms with van der Waals surface area (Å²) in [6.07, 6.45) is 37.5. The average molecular weight is 397 g/mol. The standard InChI is InChI=1S/C30H36/c1-2-12-21(11-1)26-27(22-13-3-4-14-22)29(24-17-7-8-18-24)30(25-19-9-10-20-25)28(26)23-15-5-6-16-23/h1-10,21-26H,11-20H2. The van der Waals surface area contributed by atoms with Crippen LogP contribution in [0.3, 0.4) is 0 Å². The molecule has 0 aromatic heterocycles. The van der Waals surface area contributed by atoms with Crippen molar-refractivity contribution in [2.45, 2.75) is 64.2 Å². The van der Waals surface area contributed by atoms with Crippen LogP contribution < -0.4 is 0 Å². The number of rotatable bonds is 5. The van der Waals surface area contributed by atoms with Crippen molar-refractivity contribution >= 4 is 0 Å². The minimum atomic E-state index is 0.723. The van der Waals surface area contributed by atoms with Gasteiger partial charge in [0.2, 0.25) is 0 Å². The maximum absolute atomic E-state index is 2.48. The smallest absolute Gasteiger partial charge is 0.00592 e. The molecule has 0 heteroatoms.